The maximum Gasteiger partial charge on any atom is 0.416 e. The number of likely N-dealkylation sites (tertiary alicyclic amines) is 1. The van der Waals surface area contributed by atoms with Gasteiger partial charge in [0, 0.05) is 43.9 Å². The van der Waals surface area contributed by atoms with Crippen LogP contribution in [0.4, 0.5) is 17.6 Å². The Morgan fingerprint density at radius 3 is 2.64 bits per heavy atom. The number of aliphatic hydroxyl groups is 1. The van der Waals surface area contributed by atoms with Crippen LogP contribution in [0.15, 0.2) is 18.2 Å². The van der Waals surface area contributed by atoms with Crippen molar-refractivity contribution < 1.29 is 22.7 Å². The van der Waals surface area contributed by atoms with Gasteiger partial charge in [0.25, 0.3) is 0 Å². The van der Waals surface area contributed by atoms with E-state index in [1.807, 2.05) is 4.90 Å². The molecule has 1 atom stereocenters. The Labute approximate surface area is 159 Å². The first-order chi connectivity index (χ1) is 13.3. The summed E-state index contributed by atoms with van der Waals surface area (Å²) in [5.74, 6) is -1.04. The van der Waals surface area contributed by atoms with Crippen molar-refractivity contribution in [3.63, 3.8) is 0 Å². The summed E-state index contributed by atoms with van der Waals surface area (Å²) >= 11 is 0. The Hall–Kier alpha value is -1.97. The fraction of sp³-hybridized carbons (Fsp3) is 0.526. The minimum Gasteiger partial charge on any atom is -0.372 e. The number of aliphatic hydroxyl groups excluding tert-OH is 1. The molecule has 2 aliphatic rings. The average molecular weight is 398 g/mol. The van der Waals surface area contributed by atoms with E-state index >= 15 is 0 Å². The summed E-state index contributed by atoms with van der Waals surface area (Å²) in [6.45, 7) is 2.51. The highest BCUT2D eigenvalue weighted by molar-refractivity contribution is 5.31. The van der Waals surface area contributed by atoms with E-state index in [0.29, 0.717) is 49.8 Å². The van der Waals surface area contributed by atoms with Gasteiger partial charge in [-0.3, -0.25) is 10.00 Å². The van der Waals surface area contributed by atoms with Gasteiger partial charge < -0.3 is 10.4 Å². The largest absolute Gasteiger partial charge is 0.416 e. The molecule has 4 rings (SSSR count). The van der Waals surface area contributed by atoms with E-state index in [0.717, 1.165) is 30.3 Å². The topological polar surface area (TPSA) is 64.2 Å². The molecule has 5 nitrogen and oxygen atoms in total. The number of benzene rings is 1. The van der Waals surface area contributed by atoms with E-state index in [1.165, 1.54) is 6.07 Å². The molecular weight excluding hydrogens is 376 g/mol. The quantitative estimate of drug-likeness (QED) is 0.696. The molecule has 2 aliphatic heterocycles. The number of fused-ring (bicyclic) bond motifs is 1. The maximum atomic E-state index is 13.7. The lowest BCUT2D eigenvalue weighted by atomic mass is 9.88. The average Bonchev–Trinajstić information content (AvgIpc) is 3.10. The van der Waals surface area contributed by atoms with Crippen LogP contribution in [0.5, 0.6) is 0 Å². The van der Waals surface area contributed by atoms with Gasteiger partial charge in [0.05, 0.1) is 5.56 Å². The lowest BCUT2D eigenvalue weighted by molar-refractivity contribution is -0.137. The first kappa shape index (κ1) is 19.4. The zero-order valence-electron chi connectivity index (χ0n) is 15.2. The zero-order valence-corrected chi connectivity index (χ0v) is 15.2. The molecule has 28 heavy (non-hydrogen) atoms. The van der Waals surface area contributed by atoms with Crippen LogP contribution in [0.1, 0.15) is 53.1 Å². The molecule has 152 valence electrons. The summed E-state index contributed by atoms with van der Waals surface area (Å²) < 4.78 is 52.6. The molecule has 1 saturated heterocycles. The fourth-order valence-corrected chi connectivity index (χ4v) is 4.12. The van der Waals surface area contributed by atoms with Crippen molar-refractivity contribution >= 4 is 0 Å². The Kier molecular flexibility index (Phi) is 5.15. The summed E-state index contributed by atoms with van der Waals surface area (Å²) in [5.41, 5.74) is 2.03. The highest BCUT2D eigenvalue weighted by Gasteiger charge is 2.34. The van der Waals surface area contributed by atoms with Crippen LogP contribution in [0.3, 0.4) is 0 Å². The van der Waals surface area contributed by atoms with Crippen LogP contribution in [0, 0.1) is 5.82 Å². The molecule has 0 bridgehead atoms. The summed E-state index contributed by atoms with van der Waals surface area (Å²) in [6, 6.07) is 2.74. The second kappa shape index (κ2) is 7.46. The molecule has 1 aromatic heterocycles. The van der Waals surface area contributed by atoms with Crippen molar-refractivity contribution in [1.29, 1.82) is 0 Å². The molecule has 0 spiro atoms. The molecule has 9 heteroatoms. The number of aromatic amines is 1. The van der Waals surface area contributed by atoms with Crippen molar-refractivity contribution in [2.24, 2.45) is 0 Å². The zero-order chi connectivity index (χ0) is 19.9. The molecule has 1 aromatic carbocycles. The lowest BCUT2D eigenvalue weighted by Crippen LogP contribution is -2.37. The fourth-order valence-electron chi connectivity index (χ4n) is 4.12. The third-order valence-corrected chi connectivity index (χ3v) is 5.68. The number of alkyl halides is 3. The van der Waals surface area contributed by atoms with Crippen LogP contribution in [-0.2, 0) is 19.1 Å². The van der Waals surface area contributed by atoms with Crippen molar-refractivity contribution in [3.8, 4) is 0 Å². The first-order valence-electron chi connectivity index (χ1n) is 9.39. The van der Waals surface area contributed by atoms with Crippen molar-refractivity contribution in [2.75, 3.05) is 19.6 Å². The summed E-state index contributed by atoms with van der Waals surface area (Å²) in [7, 11) is 0. The van der Waals surface area contributed by atoms with Crippen LogP contribution in [0.2, 0.25) is 0 Å². The summed E-state index contributed by atoms with van der Waals surface area (Å²) in [4.78, 5) is 1.87. The minimum absolute atomic E-state index is 0.171. The third-order valence-electron chi connectivity index (χ3n) is 5.68. The summed E-state index contributed by atoms with van der Waals surface area (Å²) in [5, 5.41) is 21.3. The van der Waals surface area contributed by atoms with Gasteiger partial charge in [-0.15, -0.1) is 0 Å². The Morgan fingerprint density at radius 1 is 1.18 bits per heavy atom. The highest BCUT2D eigenvalue weighted by atomic mass is 19.4. The van der Waals surface area contributed by atoms with Crippen LogP contribution < -0.4 is 5.32 Å². The number of rotatable bonds is 3. The molecule has 0 amide bonds. The molecular formula is C19H22F4N4O. The Balaban J connectivity index is 1.45. The predicted octanol–water partition coefficient (Wildman–Crippen LogP) is 3.08. The number of halogens is 4. The van der Waals surface area contributed by atoms with Gasteiger partial charge in [0.2, 0.25) is 0 Å². The number of H-pyrrole nitrogens is 1. The third kappa shape index (κ3) is 3.78. The van der Waals surface area contributed by atoms with Gasteiger partial charge in [0.15, 0.2) is 6.23 Å². The van der Waals surface area contributed by atoms with E-state index in [4.69, 9.17) is 0 Å². The minimum atomic E-state index is -4.57. The number of hydrogen-bond donors (Lipinski definition) is 3. The molecule has 2 aromatic rings. The smallest absolute Gasteiger partial charge is 0.372 e. The van der Waals surface area contributed by atoms with Gasteiger partial charge in [-0.25, -0.2) is 4.39 Å². The standard InChI is InChI=1S/C19H22F4N4O/c20-14-8-12(7-13(9-14)19(21,22)23)11-2-5-27(6-3-11)18(28)17-15-10-24-4-1-16(15)25-26-17/h7-9,11,18,24,28H,1-6,10H2,(H,25,26). The molecule has 0 radical (unpaired) electrons. The van der Waals surface area contributed by atoms with E-state index in [-0.39, 0.29) is 5.92 Å². The molecule has 1 fully saturated rings. The SMILES string of the molecule is OC(c1n[nH]c2c1CNCC2)N1CCC(c2cc(F)cc(C(F)(F)F)c2)CC1. The number of piperidine rings is 1. The molecule has 3 N–H and O–H groups in total. The maximum absolute atomic E-state index is 13.7. The van der Waals surface area contributed by atoms with Crippen LogP contribution in [0.25, 0.3) is 0 Å². The summed E-state index contributed by atoms with van der Waals surface area (Å²) in [6.07, 6.45) is -3.51. The van der Waals surface area contributed by atoms with E-state index < -0.39 is 23.8 Å². The molecule has 3 heterocycles. The van der Waals surface area contributed by atoms with Crippen molar-refractivity contribution in [3.05, 3.63) is 52.1 Å². The van der Waals surface area contributed by atoms with Crippen LogP contribution in [-0.4, -0.2) is 39.8 Å². The van der Waals surface area contributed by atoms with Gasteiger partial charge in [-0.1, -0.05) is 0 Å². The number of hydrogen-bond acceptors (Lipinski definition) is 4. The van der Waals surface area contributed by atoms with Crippen molar-refractivity contribution in [2.45, 2.75) is 44.1 Å². The van der Waals surface area contributed by atoms with Crippen LogP contribution >= 0.6 is 0 Å². The van der Waals surface area contributed by atoms with Gasteiger partial charge in [-0.2, -0.15) is 18.3 Å². The lowest BCUT2D eigenvalue weighted by Gasteiger charge is -2.35. The second-order valence-electron chi connectivity index (χ2n) is 7.45. The van der Waals surface area contributed by atoms with Crippen molar-refractivity contribution in [1.82, 2.24) is 20.4 Å². The number of nitrogens with zero attached hydrogens (tertiary/aromatic N) is 2. The molecule has 1 unspecified atom stereocenters. The van der Waals surface area contributed by atoms with Gasteiger partial charge in [0.1, 0.15) is 11.5 Å². The second-order valence-corrected chi connectivity index (χ2v) is 7.45. The Bertz CT molecular complexity index is 843. The van der Waals surface area contributed by atoms with Gasteiger partial charge in [-0.05, 0) is 42.5 Å². The van der Waals surface area contributed by atoms with E-state index in [1.54, 1.807) is 0 Å². The first-order valence-corrected chi connectivity index (χ1v) is 9.39. The Morgan fingerprint density at radius 2 is 1.93 bits per heavy atom. The monoisotopic (exact) mass is 398 g/mol. The van der Waals surface area contributed by atoms with Gasteiger partial charge >= 0.3 is 6.18 Å². The van der Waals surface area contributed by atoms with E-state index in [9.17, 15) is 22.7 Å². The predicted molar refractivity (Wildman–Crippen MR) is 93.9 cm³/mol. The number of nitrogens with one attached hydrogen (secondary N) is 2. The normalized spacial score (nSPS) is 20.2. The molecule has 0 saturated carbocycles. The highest BCUT2D eigenvalue weighted by Crippen LogP contribution is 2.36. The molecule has 0 aliphatic carbocycles. The van der Waals surface area contributed by atoms with E-state index in [2.05, 4.69) is 15.5 Å². The number of aromatic nitrogens is 2.